The molecule has 5 N–H and O–H groups in total. The number of ether oxygens (including phenoxy) is 1. The molecule has 266 valence electrons. The van der Waals surface area contributed by atoms with Crippen molar-refractivity contribution in [3.8, 4) is 0 Å². The van der Waals surface area contributed by atoms with E-state index in [1.54, 1.807) is 27.7 Å². The predicted molar refractivity (Wildman–Crippen MR) is 183 cm³/mol. The van der Waals surface area contributed by atoms with Gasteiger partial charge in [0.2, 0.25) is 21.8 Å². The van der Waals surface area contributed by atoms with Crippen molar-refractivity contribution >= 4 is 34.1 Å². The van der Waals surface area contributed by atoms with Crippen molar-refractivity contribution in [3.63, 3.8) is 0 Å². The van der Waals surface area contributed by atoms with Crippen molar-refractivity contribution in [1.29, 1.82) is 0 Å². The number of carbonyl (C=O) groups is 3. The second-order valence-corrected chi connectivity index (χ2v) is 15.1. The number of aliphatic hydroxyl groups excluding tert-OH is 1. The van der Waals surface area contributed by atoms with Crippen molar-refractivity contribution < 1.29 is 37.9 Å². The number of hydrogen-bond donors (Lipinski definition) is 5. The van der Waals surface area contributed by atoms with Crippen LogP contribution in [0.5, 0.6) is 0 Å². The molecular formula is C34H51N5O8S. The molecule has 14 heteroatoms. The van der Waals surface area contributed by atoms with Crippen molar-refractivity contribution in [2.45, 2.75) is 90.0 Å². The molecule has 0 aromatic heterocycles. The monoisotopic (exact) mass is 689 g/mol. The predicted octanol–water partition coefficient (Wildman–Crippen LogP) is 3.29. The van der Waals surface area contributed by atoms with Crippen LogP contribution in [-0.2, 0) is 30.8 Å². The minimum atomic E-state index is -4.08. The second kappa shape index (κ2) is 18.5. The Kier molecular flexibility index (Phi) is 15.5. The largest absolute Gasteiger partial charge is 0.444 e. The SMILES string of the molecule is CC[C@H](C)[C@H](NC(=O)CNC(=O)OC(C)(C)C)C(=O)N[C@@H](Cc1ccccc1)[C@@H](O)CN(CC(C)C)S(=O)(=O)c1ccc(C=NO)cc1. The molecule has 4 atom stereocenters. The number of aliphatic hydroxyl groups is 1. The Hall–Kier alpha value is -4.01. The highest BCUT2D eigenvalue weighted by atomic mass is 32.2. The molecule has 48 heavy (non-hydrogen) atoms. The maximum atomic E-state index is 13.8. The molecule has 0 heterocycles. The lowest BCUT2D eigenvalue weighted by Gasteiger charge is -2.32. The highest BCUT2D eigenvalue weighted by Gasteiger charge is 2.34. The van der Waals surface area contributed by atoms with Crippen molar-refractivity contribution in [2.24, 2.45) is 17.0 Å². The Bertz CT molecular complexity index is 1460. The van der Waals surface area contributed by atoms with Gasteiger partial charge in [-0.3, -0.25) is 9.59 Å². The Morgan fingerprint density at radius 1 is 0.979 bits per heavy atom. The van der Waals surface area contributed by atoms with Crippen molar-refractivity contribution in [1.82, 2.24) is 20.3 Å². The number of nitrogens with zero attached hydrogens (tertiary/aromatic N) is 2. The number of alkyl carbamates (subject to hydrolysis) is 1. The molecule has 0 radical (unpaired) electrons. The van der Waals surface area contributed by atoms with Crippen molar-refractivity contribution in [2.75, 3.05) is 19.6 Å². The van der Waals surface area contributed by atoms with Gasteiger partial charge in [-0.05, 0) is 62.3 Å². The molecule has 0 aliphatic carbocycles. The zero-order chi connectivity index (χ0) is 36.1. The number of nitrogens with one attached hydrogen (secondary N) is 3. The number of sulfonamides is 1. The Labute approximate surface area is 284 Å². The van der Waals surface area contributed by atoms with Crippen LogP contribution >= 0.6 is 0 Å². The molecule has 3 amide bonds. The standard InChI is InChI=1S/C34H51N5O8S/c1-8-24(4)31(38-30(41)20-35-33(43)47-34(5,6)7)32(42)37-28(18-25-12-10-9-11-13-25)29(40)22-39(21-23(2)3)48(45,46)27-16-14-26(15-17-27)19-36-44/h9-17,19,23-24,28-29,31,40,44H,8,18,20-22H2,1-7H3,(H,35,43)(H,37,42)(H,38,41)/t24-,28-,29-,31-/m0/s1. The maximum Gasteiger partial charge on any atom is 0.408 e. The Morgan fingerprint density at radius 3 is 2.15 bits per heavy atom. The molecule has 0 aliphatic heterocycles. The van der Waals surface area contributed by atoms with Gasteiger partial charge >= 0.3 is 6.09 Å². The van der Waals surface area contributed by atoms with Crippen LogP contribution in [0.1, 0.15) is 66.0 Å². The summed E-state index contributed by atoms with van der Waals surface area (Å²) < 4.78 is 33.9. The van der Waals surface area contributed by atoms with E-state index in [9.17, 15) is 27.9 Å². The summed E-state index contributed by atoms with van der Waals surface area (Å²) in [5.74, 6) is -1.57. The summed E-state index contributed by atoms with van der Waals surface area (Å²) in [5.41, 5.74) is 0.548. The van der Waals surface area contributed by atoms with Gasteiger partial charge in [0.15, 0.2) is 0 Å². The molecule has 0 unspecified atom stereocenters. The third-order valence-electron chi connectivity index (χ3n) is 7.38. The van der Waals surface area contributed by atoms with Crippen molar-refractivity contribution in [3.05, 3.63) is 65.7 Å². The van der Waals surface area contributed by atoms with Crippen LogP contribution < -0.4 is 16.0 Å². The molecule has 0 saturated carbocycles. The number of oxime groups is 1. The third kappa shape index (κ3) is 13.2. The van der Waals surface area contributed by atoms with E-state index in [0.717, 1.165) is 5.56 Å². The molecule has 0 fully saturated rings. The first-order chi connectivity index (χ1) is 22.5. The normalized spacial score (nSPS) is 14.7. The Balaban J connectivity index is 2.33. The molecule has 2 aromatic carbocycles. The van der Waals surface area contributed by atoms with E-state index >= 15 is 0 Å². The minimum absolute atomic E-state index is 0.00590. The van der Waals surface area contributed by atoms with E-state index in [4.69, 9.17) is 9.94 Å². The number of amides is 3. The lowest BCUT2D eigenvalue weighted by molar-refractivity contribution is -0.130. The molecule has 0 bridgehead atoms. The molecule has 0 spiro atoms. The summed E-state index contributed by atoms with van der Waals surface area (Å²) in [5, 5.41) is 31.3. The van der Waals surface area contributed by atoms with Gasteiger partial charge in [0.1, 0.15) is 18.2 Å². The zero-order valence-electron chi connectivity index (χ0n) is 28.8. The van der Waals surface area contributed by atoms with Gasteiger partial charge in [-0.1, -0.05) is 81.7 Å². The summed E-state index contributed by atoms with van der Waals surface area (Å²) in [6.07, 6.45) is -0.225. The van der Waals surface area contributed by atoms with E-state index < -0.39 is 58.3 Å². The van der Waals surface area contributed by atoms with Crippen LogP contribution in [0.4, 0.5) is 4.79 Å². The average molecular weight is 690 g/mol. The third-order valence-corrected chi connectivity index (χ3v) is 9.22. The number of rotatable bonds is 17. The van der Waals surface area contributed by atoms with E-state index in [-0.39, 0.29) is 36.2 Å². The first-order valence-electron chi connectivity index (χ1n) is 16.0. The van der Waals surface area contributed by atoms with Crippen LogP contribution in [0, 0.1) is 11.8 Å². The van der Waals surface area contributed by atoms with Gasteiger partial charge in [-0.25, -0.2) is 13.2 Å². The van der Waals surface area contributed by atoms with Crippen LogP contribution in [-0.4, -0.2) is 90.6 Å². The highest BCUT2D eigenvalue weighted by molar-refractivity contribution is 7.89. The van der Waals surface area contributed by atoms with Crippen LogP contribution in [0.2, 0.25) is 0 Å². The minimum Gasteiger partial charge on any atom is -0.444 e. The van der Waals surface area contributed by atoms with Gasteiger partial charge in [0, 0.05) is 13.1 Å². The first-order valence-corrected chi connectivity index (χ1v) is 17.5. The summed E-state index contributed by atoms with van der Waals surface area (Å²) in [6.45, 7) is 11.8. The van der Waals surface area contributed by atoms with Gasteiger partial charge < -0.3 is 31.0 Å². The molecule has 2 rings (SSSR count). The van der Waals surface area contributed by atoms with Crippen LogP contribution in [0.15, 0.2) is 64.6 Å². The van der Waals surface area contributed by atoms with Gasteiger partial charge in [0.05, 0.1) is 23.3 Å². The highest BCUT2D eigenvalue weighted by Crippen LogP contribution is 2.20. The van der Waals surface area contributed by atoms with Gasteiger partial charge in [-0.2, -0.15) is 4.31 Å². The maximum absolute atomic E-state index is 13.8. The van der Waals surface area contributed by atoms with E-state index in [0.29, 0.717) is 12.0 Å². The van der Waals surface area contributed by atoms with Gasteiger partial charge in [-0.15, -0.1) is 0 Å². The zero-order valence-corrected chi connectivity index (χ0v) is 29.7. The fourth-order valence-corrected chi connectivity index (χ4v) is 6.39. The number of carbonyl (C=O) groups excluding carboxylic acids is 3. The summed E-state index contributed by atoms with van der Waals surface area (Å²) in [4.78, 5) is 38.6. The van der Waals surface area contributed by atoms with E-state index in [2.05, 4.69) is 21.1 Å². The lowest BCUT2D eigenvalue weighted by Crippen LogP contribution is -2.58. The second-order valence-electron chi connectivity index (χ2n) is 13.2. The summed E-state index contributed by atoms with van der Waals surface area (Å²) in [7, 11) is -4.08. The fourth-order valence-electron chi connectivity index (χ4n) is 4.77. The quantitative estimate of drug-likeness (QED) is 0.0951. The number of hydrogen-bond acceptors (Lipinski definition) is 9. The summed E-state index contributed by atoms with van der Waals surface area (Å²) >= 11 is 0. The first kappa shape index (κ1) is 40.2. The van der Waals surface area contributed by atoms with Crippen LogP contribution in [0.3, 0.4) is 0 Å². The lowest BCUT2D eigenvalue weighted by atomic mass is 9.96. The topological polar surface area (TPSA) is 187 Å². The summed E-state index contributed by atoms with van der Waals surface area (Å²) in [6, 6.07) is 13.0. The molecule has 0 saturated heterocycles. The van der Waals surface area contributed by atoms with E-state index in [1.807, 2.05) is 51.1 Å². The fraction of sp³-hybridized carbons (Fsp3) is 0.529. The average Bonchev–Trinajstić information content (AvgIpc) is 3.01. The number of benzene rings is 2. The Morgan fingerprint density at radius 2 is 1.60 bits per heavy atom. The smallest absolute Gasteiger partial charge is 0.408 e. The van der Waals surface area contributed by atoms with E-state index in [1.165, 1.54) is 34.8 Å². The molecule has 2 aromatic rings. The van der Waals surface area contributed by atoms with Gasteiger partial charge in [0.25, 0.3) is 0 Å². The molecule has 13 nitrogen and oxygen atoms in total. The van der Waals surface area contributed by atoms with Crippen LogP contribution in [0.25, 0.3) is 0 Å². The molecular weight excluding hydrogens is 638 g/mol. The molecule has 0 aliphatic rings.